The van der Waals surface area contributed by atoms with Gasteiger partial charge in [-0.15, -0.1) is 11.3 Å². The number of nitrogens with two attached hydrogens (primary N) is 1. The molecule has 1 aliphatic rings. The maximum absolute atomic E-state index is 13.1. The number of likely N-dealkylation sites (tertiary alicyclic amines) is 1. The van der Waals surface area contributed by atoms with Crippen LogP contribution in [0.2, 0.25) is 0 Å². The molecule has 27 heavy (non-hydrogen) atoms. The lowest BCUT2D eigenvalue weighted by molar-refractivity contribution is 0.0696. The highest BCUT2D eigenvalue weighted by Crippen LogP contribution is 2.36. The number of anilines is 1. The summed E-state index contributed by atoms with van der Waals surface area (Å²) in [5.74, 6) is 0.702. The van der Waals surface area contributed by atoms with Gasteiger partial charge < -0.3 is 10.6 Å². The third-order valence-corrected chi connectivity index (χ3v) is 6.57. The fraction of sp³-hybridized carbons (Fsp3) is 0.364. The van der Waals surface area contributed by atoms with Gasteiger partial charge in [0.25, 0.3) is 5.91 Å². The Morgan fingerprint density at radius 2 is 1.93 bits per heavy atom. The van der Waals surface area contributed by atoms with E-state index >= 15 is 0 Å². The average Bonchev–Trinajstić information content (AvgIpc) is 2.99. The van der Waals surface area contributed by atoms with Crippen LogP contribution in [-0.2, 0) is 6.42 Å². The number of piperidine rings is 1. The molecule has 1 fully saturated rings. The number of fused-ring (bicyclic) bond motifs is 1. The Hall–Kier alpha value is -2.40. The molecule has 3 heterocycles. The Morgan fingerprint density at radius 3 is 2.63 bits per heavy atom. The monoisotopic (exact) mass is 379 g/mol. The number of aromatic nitrogens is 1. The van der Waals surface area contributed by atoms with Crippen molar-refractivity contribution in [2.75, 3.05) is 18.8 Å². The molecule has 0 aliphatic carbocycles. The molecule has 0 unspecified atom stereocenters. The molecule has 0 atom stereocenters. The van der Waals surface area contributed by atoms with Crippen LogP contribution in [0.25, 0.3) is 10.2 Å². The molecule has 1 aliphatic heterocycles. The number of nitrogen functional groups attached to an aromatic ring is 1. The zero-order valence-electron chi connectivity index (χ0n) is 15.9. The van der Waals surface area contributed by atoms with Gasteiger partial charge in [-0.3, -0.25) is 4.79 Å². The number of amides is 1. The number of hydrogen-bond donors (Lipinski definition) is 1. The summed E-state index contributed by atoms with van der Waals surface area (Å²) < 4.78 is 0. The third kappa shape index (κ3) is 3.56. The number of hydrogen-bond acceptors (Lipinski definition) is 4. The minimum Gasteiger partial charge on any atom is -0.397 e. The highest BCUT2D eigenvalue weighted by molar-refractivity contribution is 7.21. The number of thiophene rings is 1. The Bertz CT molecular complexity index is 972. The first-order valence-corrected chi connectivity index (χ1v) is 10.3. The van der Waals surface area contributed by atoms with Gasteiger partial charge in [-0.2, -0.15) is 0 Å². The van der Waals surface area contributed by atoms with Crippen LogP contribution in [-0.4, -0.2) is 28.9 Å². The Morgan fingerprint density at radius 1 is 1.22 bits per heavy atom. The van der Waals surface area contributed by atoms with Gasteiger partial charge in [0, 0.05) is 24.2 Å². The molecule has 1 aromatic carbocycles. The number of carbonyl (C=O) groups excluding carboxylic acids is 1. The molecule has 2 aromatic heterocycles. The number of nitrogens with zero attached hydrogens (tertiary/aromatic N) is 2. The van der Waals surface area contributed by atoms with Gasteiger partial charge in [0.1, 0.15) is 9.71 Å². The minimum absolute atomic E-state index is 0.0608. The van der Waals surface area contributed by atoms with Crippen molar-refractivity contribution in [1.82, 2.24) is 9.88 Å². The zero-order valence-corrected chi connectivity index (χ0v) is 16.7. The quantitative estimate of drug-likeness (QED) is 0.724. The standard InChI is InChI=1S/C22H25N3OS/c1-14-12-15(2)24-21-18(14)19(23)20(27-21)22(26)25-10-8-17(9-11-25)13-16-6-4-3-5-7-16/h3-7,12,17H,8-11,13,23H2,1-2H3. The first-order valence-electron chi connectivity index (χ1n) is 9.52. The van der Waals surface area contributed by atoms with Crippen molar-refractivity contribution in [1.29, 1.82) is 0 Å². The first kappa shape index (κ1) is 18.0. The van der Waals surface area contributed by atoms with Crippen molar-refractivity contribution in [3.05, 3.63) is 58.1 Å². The molecule has 0 radical (unpaired) electrons. The van der Waals surface area contributed by atoms with Crippen LogP contribution in [0, 0.1) is 19.8 Å². The van der Waals surface area contributed by atoms with Gasteiger partial charge in [0.05, 0.1) is 5.69 Å². The predicted octanol–water partition coefficient (Wildman–Crippen LogP) is 4.59. The molecule has 0 bridgehead atoms. The van der Waals surface area contributed by atoms with E-state index in [9.17, 15) is 4.79 Å². The van der Waals surface area contributed by atoms with E-state index in [0.29, 0.717) is 16.5 Å². The molecular weight excluding hydrogens is 354 g/mol. The van der Waals surface area contributed by atoms with E-state index in [0.717, 1.165) is 53.8 Å². The van der Waals surface area contributed by atoms with Gasteiger partial charge in [-0.25, -0.2) is 4.98 Å². The van der Waals surface area contributed by atoms with E-state index in [-0.39, 0.29) is 5.91 Å². The van der Waals surface area contributed by atoms with E-state index < -0.39 is 0 Å². The van der Waals surface area contributed by atoms with Gasteiger partial charge in [-0.1, -0.05) is 30.3 Å². The summed E-state index contributed by atoms with van der Waals surface area (Å²) in [6.07, 6.45) is 3.18. The molecule has 2 N–H and O–H groups in total. The number of rotatable bonds is 3. The van der Waals surface area contributed by atoms with E-state index in [1.165, 1.54) is 16.9 Å². The molecule has 0 spiro atoms. The summed E-state index contributed by atoms with van der Waals surface area (Å²) in [4.78, 5) is 21.1. The Balaban J connectivity index is 1.47. The fourth-order valence-electron chi connectivity index (χ4n) is 4.06. The third-order valence-electron chi connectivity index (χ3n) is 5.49. The molecule has 5 heteroatoms. The lowest BCUT2D eigenvalue weighted by Gasteiger charge is -2.32. The summed E-state index contributed by atoms with van der Waals surface area (Å²) in [7, 11) is 0. The van der Waals surface area contributed by atoms with Crippen LogP contribution in [0.15, 0.2) is 36.4 Å². The molecule has 3 aromatic rings. The molecule has 0 saturated carbocycles. The van der Waals surface area contributed by atoms with Gasteiger partial charge >= 0.3 is 0 Å². The molecule has 4 rings (SSSR count). The van der Waals surface area contributed by atoms with Crippen molar-refractivity contribution in [2.24, 2.45) is 5.92 Å². The maximum atomic E-state index is 13.1. The molecule has 1 amide bonds. The highest BCUT2D eigenvalue weighted by atomic mass is 32.1. The summed E-state index contributed by atoms with van der Waals surface area (Å²) in [6.45, 7) is 5.61. The van der Waals surface area contributed by atoms with Crippen LogP contribution < -0.4 is 5.73 Å². The molecule has 140 valence electrons. The van der Waals surface area contributed by atoms with Gasteiger partial charge in [0.15, 0.2) is 0 Å². The topological polar surface area (TPSA) is 59.2 Å². The molecular formula is C22H25N3OS. The van der Waals surface area contributed by atoms with Crippen LogP contribution in [0.3, 0.4) is 0 Å². The number of carbonyl (C=O) groups is 1. The Kier molecular flexibility index (Phi) is 4.87. The van der Waals surface area contributed by atoms with Crippen LogP contribution in [0.4, 0.5) is 5.69 Å². The van der Waals surface area contributed by atoms with E-state index in [1.54, 1.807) is 0 Å². The first-order chi connectivity index (χ1) is 13.0. The van der Waals surface area contributed by atoms with Crippen molar-refractivity contribution >= 4 is 33.1 Å². The normalized spacial score (nSPS) is 15.4. The number of benzene rings is 1. The highest BCUT2D eigenvalue weighted by Gasteiger charge is 2.27. The van der Waals surface area contributed by atoms with Gasteiger partial charge in [0.2, 0.25) is 0 Å². The predicted molar refractivity (Wildman–Crippen MR) is 112 cm³/mol. The van der Waals surface area contributed by atoms with E-state index in [1.807, 2.05) is 24.8 Å². The fourth-order valence-corrected chi connectivity index (χ4v) is 5.24. The average molecular weight is 380 g/mol. The van der Waals surface area contributed by atoms with E-state index in [4.69, 9.17) is 5.73 Å². The number of pyridine rings is 1. The largest absolute Gasteiger partial charge is 0.397 e. The van der Waals surface area contributed by atoms with Crippen LogP contribution >= 0.6 is 11.3 Å². The summed E-state index contributed by atoms with van der Waals surface area (Å²) in [6, 6.07) is 12.6. The lowest BCUT2D eigenvalue weighted by Crippen LogP contribution is -2.38. The van der Waals surface area contributed by atoms with Gasteiger partial charge in [-0.05, 0) is 56.2 Å². The van der Waals surface area contributed by atoms with Crippen molar-refractivity contribution in [3.8, 4) is 0 Å². The van der Waals surface area contributed by atoms with Crippen LogP contribution in [0.1, 0.15) is 39.3 Å². The van der Waals surface area contributed by atoms with Crippen molar-refractivity contribution in [2.45, 2.75) is 33.1 Å². The summed E-state index contributed by atoms with van der Waals surface area (Å²) >= 11 is 1.43. The SMILES string of the molecule is Cc1cc(C)c2c(N)c(C(=O)N3CCC(Cc4ccccc4)CC3)sc2n1. The van der Waals surface area contributed by atoms with Crippen molar-refractivity contribution in [3.63, 3.8) is 0 Å². The smallest absolute Gasteiger partial charge is 0.266 e. The lowest BCUT2D eigenvalue weighted by atomic mass is 9.90. The minimum atomic E-state index is 0.0608. The zero-order chi connectivity index (χ0) is 19.0. The Labute approximate surface area is 164 Å². The summed E-state index contributed by atoms with van der Waals surface area (Å²) in [5, 5.41) is 0.938. The second-order valence-electron chi connectivity index (χ2n) is 7.53. The van der Waals surface area contributed by atoms with E-state index in [2.05, 4.69) is 35.3 Å². The molecule has 1 saturated heterocycles. The second kappa shape index (κ2) is 7.31. The van der Waals surface area contributed by atoms with Crippen molar-refractivity contribution < 1.29 is 4.79 Å². The molecule has 4 nitrogen and oxygen atoms in total. The van der Waals surface area contributed by atoms with Crippen LogP contribution in [0.5, 0.6) is 0 Å². The summed E-state index contributed by atoms with van der Waals surface area (Å²) in [5.41, 5.74) is 10.4. The number of aryl methyl sites for hydroxylation is 2. The maximum Gasteiger partial charge on any atom is 0.266 e. The second-order valence-corrected chi connectivity index (χ2v) is 8.53.